The normalized spacial score (nSPS) is 25.4. The summed E-state index contributed by atoms with van der Waals surface area (Å²) in [6, 6.07) is 0. The molecule has 0 aromatic rings. The number of amides is 2. The average Bonchev–Trinajstić information content (AvgIpc) is 2.25. The van der Waals surface area contributed by atoms with Crippen LogP contribution < -0.4 is 11.1 Å². The number of carbonyl (C=O) groups is 2. The third kappa shape index (κ3) is 4.24. The van der Waals surface area contributed by atoms with Gasteiger partial charge in [0.05, 0.1) is 12.5 Å². The maximum Gasteiger partial charge on any atom is 0.391 e. The number of halogens is 3. The summed E-state index contributed by atoms with van der Waals surface area (Å²) in [5.41, 5.74) is 4.83. The predicted molar refractivity (Wildman–Crippen MR) is 53.7 cm³/mol. The molecule has 0 bridgehead atoms. The zero-order valence-corrected chi connectivity index (χ0v) is 9.22. The van der Waals surface area contributed by atoms with E-state index < -0.39 is 29.8 Å². The molecule has 7 heteroatoms. The molecular weight excluding hydrogens is 237 g/mol. The molecule has 4 nitrogen and oxygen atoms in total. The first kappa shape index (κ1) is 13.8. The Kier molecular flexibility index (Phi) is 4.36. The average molecular weight is 252 g/mol. The van der Waals surface area contributed by atoms with E-state index in [1.807, 2.05) is 0 Å². The first-order valence-corrected chi connectivity index (χ1v) is 5.43. The first-order valence-electron chi connectivity index (χ1n) is 5.43. The van der Waals surface area contributed by atoms with Crippen molar-refractivity contribution in [2.45, 2.75) is 31.9 Å². The van der Waals surface area contributed by atoms with Crippen molar-refractivity contribution in [3.8, 4) is 0 Å². The van der Waals surface area contributed by atoms with Gasteiger partial charge in [-0.2, -0.15) is 13.2 Å². The highest BCUT2D eigenvalue weighted by Crippen LogP contribution is 2.39. The minimum absolute atomic E-state index is 0.0725. The molecule has 1 aliphatic carbocycles. The van der Waals surface area contributed by atoms with Gasteiger partial charge in [0.25, 0.3) is 0 Å². The Bertz CT molecular complexity index is 304. The Morgan fingerprint density at radius 3 is 2.47 bits per heavy atom. The van der Waals surface area contributed by atoms with Crippen LogP contribution in [0.15, 0.2) is 0 Å². The Balaban J connectivity index is 2.49. The summed E-state index contributed by atoms with van der Waals surface area (Å²) in [5.74, 6) is -3.31. The van der Waals surface area contributed by atoms with Gasteiger partial charge < -0.3 is 11.1 Å². The van der Waals surface area contributed by atoms with Crippen molar-refractivity contribution in [2.75, 3.05) is 6.54 Å². The molecule has 17 heavy (non-hydrogen) atoms. The fraction of sp³-hybridized carbons (Fsp3) is 0.800. The van der Waals surface area contributed by atoms with Crippen molar-refractivity contribution < 1.29 is 22.8 Å². The van der Waals surface area contributed by atoms with Crippen molar-refractivity contribution in [1.29, 1.82) is 0 Å². The van der Waals surface area contributed by atoms with Gasteiger partial charge >= 0.3 is 6.18 Å². The van der Waals surface area contributed by atoms with Crippen LogP contribution >= 0.6 is 0 Å². The smallest absolute Gasteiger partial charge is 0.368 e. The topological polar surface area (TPSA) is 72.2 Å². The number of nitrogens with two attached hydrogens (primary N) is 1. The van der Waals surface area contributed by atoms with Crippen molar-refractivity contribution in [3.05, 3.63) is 0 Å². The van der Waals surface area contributed by atoms with Crippen molar-refractivity contribution in [2.24, 2.45) is 17.6 Å². The molecule has 0 radical (unpaired) electrons. The Labute approximate surface area is 96.7 Å². The molecule has 0 spiro atoms. The van der Waals surface area contributed by atoms with Crippen LogP contribution in [0.2, 0.25) is 0 Å². The van der Waals surface area contributed by atoms with E-state index in [0.29, 0.717) is 12.8 Å². The molecular formula is C10H15F3N2O2. The maximum absolute atomic E-state index is 12.5. The molecule has 0 heterocycles. The highest BCUT2D eigenvalue weighted by Gasteiger charge is 2.43. The highest BCUT2D eigenvalue weighted by molar-refractivity contribution is 5.84. The number of carbonyl (C=O) groups excluding carboxylic acids is 2. The lowest BCUT2D eigenvalue weighted by Gasteiger charge is -2.29. The van der Waals surface area contributed by atoms with Gasteiger partial charge in [0.1, 0.15) is 0 Å². The standard InChI is InChI=1S/C10H15F3N2O2/c11-10(12,13)7-3-1-2-6(4-7)9(17)15-5-8(14)16/h6-7H,1-5H2,(H2,14,16)(H,15,17). The van der Waals surface area contributed by atoms with Crippen LogP contribution in [0.3, 0.4) is 0 Å². The second-order valence-corrected chi connectivity index (χ2v) is 4.29. The molecule has 2 unspecified atom stereocenters. The zero-order valence-electron chi connectivity index (χ0n) is 9.22. The summed E-state index contributed by atoms with van der Waals surface area (Å²) in [6.45, 7) is -0.327. The largest absolute Gasteiger partial charge is 0.391 e. The van der Waals surface area contributed by atoms with Crippen molar-refractivity contribution in [1.82, 2.24) is 5.32 Å². The lowest BCUT2D eigenvalue weighted by Crippen LogP contribution is -2.40. The predicted octanol–water partition coefficient (Wildman–Crippen LogP) is 0.957. The van der Waals surface area contributed by atoms with Crippen LogP contribution in [-0.4, -0.2) is 24.5 Å². The van der Waals surface area contributed by atoms with Crippen molar-refractivity contribution in [3.63, 3.8) is 0 Å². The SMILES string of the molecule is NC(=O)CNC(=O)C1CCCC(C(F)(F)F)C1. The molecule has 1 saturated carbocycles. The zero-order chi connectivity index (χ0) is 13.1. The van der Waals surface area contributed by atoms with Crippen LogP contribution in [0.1, 0.15) is 25.7 Å². The molecule has 3 N–H and O–H groups in total. The number of primary amides is 1. The minimum atomic E-state index is -4.25. The summed E-state index contributed by atoms with van der Waals surface area (Å²) in [5, 5.41) is 2.24. The van der Waals surface area contributed by atoms with E-state index in [2.05, 4.69) is 5.32 Å². The van der Waals surface area contributed by atoms with Gasteiger partial charge in [-0.05, 0) is 19.3 Å². The van der Waals surface area contributed by atoms with Crippen LogP contribution in [-0.2, 0) is 9.59 Å². The lowest BCUT2D eigenvalue weighted by atomic mass is 9.80. The van der Waals surface area contributed by atoms with Crippen LogP contribution in [0, 0.1) is 11.8 Å². The number of hydrogen-bond donors (Lipinski definition) is 2. The van der Waals surface area contributed by atoms with Gasteiger partial charge in [0.15, 0.2) is 0 Å². The van der Waals surface area contributed by atoms with Gasteiger partial charge in [0.2, 0.25) is 11.8 Å². The molecule has 2 atom stereocenters. The Morgan fingerprint density at radius 1 is 1.29 bits per heavy atom. The number of hydrogen-bond acceptors (Lipinski definition) is 2. The third-order valence-electron chi connectivity index (χ3n) is 2.94. The van der Waals surface area contributed by atoms with E-state index >= 15 is 0 Å². The van der Waals surface area contributed by atoms with Gasteiger partial charge in [0, 0.05) is 5.92 Å². The second kappa shape index (κ2) is 5.37. The molecule has 0 aliphatic heterocycles. The molecule has 98 valence electrons. The number of alkyl halides is 3. The van der Waals surface area contributed by atoms with E-state index in [4.69, 9.17) is 5.73 Å². The summed E-state index contributed by atoms with van der Waals surface area (Å²) in [6.07, 6.45) is -3.57. The number of rotatable bonds is 3. The summed E-state index contributed by atoms with van der Waals surface area (Å²) in [4.78, 5) is 21.9. The molecule has 0 aromatic heterocycles. The Hall–Kier alpha value is -1.27. The van der Waals surface area contributed by atoms with E-state index in [1.165, 1.54) is 0 Å². The fourth-order valence-electron chi connectivity index (χ4n) is 2.04. The van der Waals surface area contributed by atoms with Crippen LogP contribution in [0.5, 0.6) is 0 Å². The minimum Gasteiger partial charge on any atom is -0.368 e. The van der Waals surface area contributed by atoms with E-state index in [-0.39, 0.29) is 19.4 Å². The quantitative estimate of drug-likeness (QED) is 0.785. The summed E-state index contributed by atoms with van der Waals surface area (Å²) in [7, 11) is 0. The van der Waals surface area contributed by atoms with Crippen LogP contribution in [0.25, 0.3) is 0 Å². The highest BCUT2D eigenvalue weighted by atomic mass is 19.4. The molecule has 1 fully saturated rings. The molecule has 0 saturated heterocycles. The molecule has 1 aliphatic rings. The van der Waals surface area contributed by atoms with E-state index in [1.54, 1.807) is 0 Å². The summed E-state index contributed by atoms with van der Waals surface area (Å²) >= 11 is 0. The second-order valence-electron chi connectivity index (χ2n) is 4.29. The van der Waals surface area contributed by atoms with Gasteiger partial charge in [-0.25, -0.2) is 0 Å². The van der Waals surface area contributed by atoms with Gasteiger partial charge in [-0.15, -0.1) is 0 Å². The maximum atomic E-state index is 12.5. The van der Waals surface area contributed by atoms with Crippen LogP contribution in [0.4, 0.5) is 13.2 Å². The van der Waals surface area contributed by atoms with Gasteiger partial charge in [-0.3, -0.25) is 9.59 Å². The van der Waals surface area contributed by atoms with Crippen molar-refractivity contribution >= 4 is 11.8 Å². The Morgan fingerprint density at radius 2 is 1.94 bits per heavy atom. The monoisotopic (exact) mass is 252 g/mol. The summed E-state index contributed by atoms with van der Waals surface area (Å²) < 4.78 is 37.5. The fourth-order valence-corrected chi connectivity index (χ4v) is 2.04. The number of nitrogens with one attached hydrogen (secondary N) is 1. The molecule has 0 aromatic carbocycles. The third-order valence-corrected chi connectivity index (χ3v) is 2.94. The van der Waals surface area contributed by atoms with E-state index in [0.717, 1.165) is 0 Å². The van der Waals surface area contributed by atoms with E-state index in [9.17, 15) is 22.8 Å². The molecule has 2 amide bonds. The molecule has 1 rings (SSSR count). The van der Waals surface area contributed by atoms with Gasteiger partial charge in [-0.1, -0.05) is 6.42 Å². The first-order chi connectivity index (χ1) is 7.80. The lowest BCUT2D eigenvalue weighted by molar-refractivity contribution is -0.186.